The van der Waals surface area contributed by atoms with Crippen LogP contribution in [0.2, 0.25) is 0 Å². The van der Waals surface area contributed by atoms with Gasteiger partial charge in [0.2, 0.25) is 0 Å². The number of carbonyl (C=O) groups is 1. The van der Waals surface area contributed by atoms with E-state index in [9.17, 15) is 9.59 Å². The number of ether oxygens (including phenoxy) is 1. The van der Waals surface area contributed by atoms with Gasteiger partial charge in [-0.3, -0.25) is 9.59 Å². The second-order valence-electron chi connectivity index (χ2n) is 7.52. The van der Waals surface area contributed by atoms with Crippen LogP contribution >= 0.6 is 0 Å². The maximum absolute atomic E-state index is 12.4. The molecule has 156 valence electrons. The standard InChI is InChI=1S/C22H30N4O3/c1-25(18-6-4-3-5-7-18)19-10-8-17(9-11-19)16-23-22(28)20-12-13-21(27)26(24-20)14-15-29-2/h8-13,18H,3-7,14-16H2,1-2H3,(H,23,28). The lowest BCUT2D eigenvalue weighted by Gasteiger charge is -2.33. The summed E-state index contributed by atoms with van der Waals surface area (Å²) < 4.78 is 6.21. The molecule has 1 aliphatic carbocycles. The molecule has 0 aliphatic heterocycles. The van der Waals surface area contributed by atoms with Crippen LogP contribution in [0.4, 0.5) is 5.69 Å². The highest BCUT2D eigenvalue weighted by Crippen LogP contribution is 2.26. The minimum absolute atomic E-state index is 0.217. The maximum Gasteiger partial charge on any atom is 0.271 e. The number of methoxy groups -OCH3 is 1. The number of hydrogen-bond donors (Lipinski definition) is 1. The van der Waals surface area contributed by atoms with E-state index in [1.165, 1.54) is 54.6 Å². The molecule has 3 rings (SSSR count). The van der Waals surface area contributed by atoms with E-state index < -0.39 is 0 Å². The third-order valence-electron chi connectivity index (χ3n) is 5.53. The first-order chi connectivity index (χ1) is 14.1. The van der Waals surface area contributed by atoms with Crippen LogP contribution in [0.15, 0.2) is 41.2 Å². The number of anilines is 1. The summed E-state index contributed by atoms with van der Waals surface area (Å²) in [5, 5.41) is 6.98. The van der Waals surface area contributed by atoms with E-state index in [1.54, 1.807) is 7.11 Å². The van der Waals surface area contributed by atoms with Crippen molar-refractivity contribution in [2.24, 2.45) is 0 Å². The molecule has 29 heavy (non-hydrogen) atoms. The number of aromatic nitrogens is 2. The molecule has 1 aromatic heterocycles. The number of nitrogens with one attached hydrogen (secondary N) is 1. The first-order valence-corrected chi connectivity index (χ1v) is 10.3. The highest BCUT2D eigenvalue weighted by Gasteiger charge is 2.18. The van der Waals surface area contributed by atoms with Gasteiger partial charge in [-0.25, -0.2) is 4.68 Å². The summed E-state index contributed by atoms with van der Waals surface area (Å²) in [6.07, 6.45) is 6.49. The van der Waals surface area contributed by atoms with Crippen molar-refractivity contribution >= 4 is 11.6 Å². The van der Waals surface area contributed by atoms with Crippen molar-refractivity contribution in [3.05, 3.63) is 58.0 Å². The summed E-state index contributed by atoms with van der Waals surface area (Å²) in [6, 6.07) is 11.7. The van der Waals surface area contributed by atoms with E-state index in [1.807, 2.05) is 12.1 Å². The van der Waals surface area contributed by atoms with Gasteiger partial charge in [-0.05, 0) is 36.6 Å². The molecule has 0 unspecified atom stereocenters. The van der Waals surface area contributed by atoms with Crippen molar-refractivity contribution in [1.82, 2.24) is 15.1 Å². The van der Waals surface area contributed by atoms with Gasteiger partial charge in [0.25, 0.3) is 11.5 Å². The summed E-state index contributed by atoms with van der Waals surface area (Å²) in [6.45, 7) is 1.08. The van der Waals surface area contributed by atoms with Crippen LogP contribution in [0.3, 0.4) is 0 Å². The van der Waals surface area contributed by atoms with E-state index in [-0.39, 0.29) is 17.2 Å². The fourth-order valence-electron chi connectivity index (χ4n) is 3.71. The lowest BCUT2D eigenvalue weighted by Crippen LogP contribution is -2.33. The van der Waals surface area contributed by atoms with Gasteiger partial charge in [0, 0.05) is 38.5 Å². The van der Waals surface area contributed by atoms with Crippen LogP contribution in [0.25, 0.3) is 0 Å². The molecule has 0 saturated heterocycles. The summed E-state index contributed by atoms with van der Waals surface area (Å²) >= 11 is 0. The van der Waals surface area contributed by atoms with E-state index in [4.69, 9.17) is 4.74 Å². The van der Waals surface area contributed by atoms with Crippen LogP contribution in [-0.2, 0) is 17.8 Å². The molecular formula is C22H30N4O3. The fraction of sp³-hybridized carbons (Fsp3) is 0.500. The molecule has 0 spiro atoms. The Balaban J connectivity index is 1.57. The predicted molar refractivity (Wildman–Crippen MR) is 113 cm³/mol. The molecular weight excluding hydrogens is 368 g/mol. The van der Waals surface area contributed by atoms with Crippen LogP contribution in [0, 0.1) is 0 Å². The molecule has 7 nitrogen and oxygen atoms in total. The number of carbonyl (C=O) groups excluding carboxylic acids is 1. The van der Waals surface area contributed by atoms with Crippen molar-refractivity contribution in [2.75, 3.05) is 25.7 Å². The van der Waals surface area contributed by atoms with Crippen molar-refractivity contribution in [1.29, 1.82) is 0 Å². The number of hydrogen-bond acceptors (Lipinski definition) is 5. The van der Waals surface area contributed by atoms with E-state index in [0.717, 1.165) is 5.56 Å². The minimum Gasteiger partial charge on any atom is -0.383 e. The number of benzene rings is 1. The molecule has 1 aliphatic rings. The van der Waals surface area contributed by atoms with Gasteiger partial charge in [-0.15, -0.1) is 0 Å². The summed E-state index contributed by atoms with van der Waals surface area (Å²) in [4.78, 5) is 26.6. The van der Waals surface area contributed by atoms with Gasteiger partial charge < -0.3 is 15.0 Å². The third kappa shape index (κ3) is 5.67. The van der Waals surface area contributed by atoms with Crippen LogP contribution < -0.4 is 15.8 Å². The molecule has 0 bridgehead atoms. The topological polar surface area (TPSA) is 76.5 Å². The molecule has 1 saturated carbocycles. The van der Waals surface area contributed by atoms with Gasteiger partial charge in [-0.1, -0.05) is 31.4 Å². The van der Waals surface area contributed by atoms with Gasteiger partial charge in [0.05, 0.1) is 13.2 Å². The number of nitrogens with zero attached hydrogens (tertiary/aromatic N) is 3. The average molecular weight is 399 g/mol. The molecule has 1 fully saturated rings. The Morgan fingerprint density at radius 2 is 1.90 bits per heavy atom. The molecule has 7 heteroatoms. The SMILES string of the molecule is COCCn1nc(C(=O)NCc2ccc(N(C)C3CCCCC3)cc2)ccc1=O. The Morgan fingerprint density at radius 3 is 2.59 bits per heavy atom. The molecule has 1 amide bonds. The van der Waals surface area contributed by atoms with Crippen molar-refractivity contribution in [2.45, 2.75) is 51.2 Å². The van der Waals surface area contributed by atoms with Gasteiger partial charge in [-0.2, -0.15) is 5.10 Å². The van der Waals surface area contributed by atoms with Crippen molar-refractivity contribution in [3.63, 3.8) is 0 Å². The molecule has 0 atom stereocenters. The van der Waals surface area contributed by atoms with Crippen LogP contribution in [0.1, 0.15) is 48.2 Å². The summed E-state index contributed by atoms with van der Waals surface area (Å²) in [5.74, 6) is -0.306. The summed E-state index contributed by atoms with van der Waals surface area (Å²) in [5.41, 5.74) is 2.19. The molecule has 2 aromatic rings. The fourth-order valence-corrected chi connectivity index (χ4v) is 3.71. The molecule has 0 radical (unpaired) electrons. The van der Waals surface area contributed by atoms with Crippen molar-refractivity contribution in [3.8, 4) is 0 Å². The lowest BCUT2D eigenvalue weighted by molar-refractivity contribution is 0.0942. The van der Waals surface area contributed by atoms with E-state index in [0.29, 0.717) is 25.7 Å². The first-order valence-electron chi connectivity index (χ1n) is 10.3. The predicted octanol–water partition coefficient (Wildman–Crippen LogP) is 2.59. The Kier molecular flexibility index (Phi) is 7.41. The number of amides is 1. The number of rotatable bonds is 8. The van der Waals surface area contributed by atoms with Gasteiger partial charge >= 0.3 is 0 Å². The molecule has 1 heterocycles. The normalized spacial score (nSPS) is 14.6. The maximum atomic E-state index is 12.4. The smallest absolute Gasteiger partial charge is 0.271 e. The highest BCUT2D eigenvalue weighted by molar-refractivity contribution is 5.91. The zero-order valence-electron chi connectivity index (χ0n) is 17.3. The Bertz CT molecular complexity index is 857. The molecule has 1 N–H and O–H groups in total. The van der Waals surface area contributed by atoms with Crippen LogP contribution in [0.5, 0.6) is 0 Å². The first kappa shape index (κ1) is 21.0. The third-order valence-corrected chi connectivity index (χ3v) is 5.53. The van der Waals surface area contributed by atoms with Crippen molar-refractivity contribution < 1.29 is 9.53 Å². The Hall–Kier alpha value is -2.67. The van der Waals surface area contributed by atoms with E-state index in [2.05, 4.69) is 34.5 Å². The van der Waals surface area contributed by atoms with Gasteiger partial charge in [0.15, 0.2) is 0 Å². The quantitative estimate of drug-likeness (QED) is 0.740. The Morgan fingerprint density at radius 1 is 1.17 bits per heavy atom. The summed E-state index contributed by atoms with van der Waals surface area (Å²) in [7, 11) is 3.72. The minimum atomic E-state index is -0.306. The molecule has 1 aromatic carbocycles. The second-order valence-corrected chi connectivity index (χ2v) is 7.52. The van der Waals surface area contributed by atoms with Crippen LogP contribution in [-0.4, -0.2) is 42.5 Å². The van der Waals surface area contributed by atoms with E-state index >= 15 is 0 Å². The zero-order chi connectivity index (χ0) is 20.6. The largest absolute Gasteiger partial charge is 0.383 e. The zero-order valence-corrected chi connectivity index (χ0v) is 17.3. The second kappa shape index (κ2) is 10.2. The lowest BCUT2D eigenvalue weighted by atomic mass is 9.94. The van der Waals surface area contributed by atoms with Gasteiger partial charge in [0.1, 0.15) is 5.69 Å². The monoisotopic (exact) mass is 398 g/mol. The average Bonchev–Trinajstić information content (AvgIpc) is 2.77. The Labute approximate surface area is 171 Å². The highest BCUT2D eigenvalue weighted by atomic mass is 16.5.